The fourth-order valence-electron chi connectivity index (χ4n) is 4.07. The van der Waals surface area contributed by atoms with Gasteiger partial charge in [0.25, 0.3) is 17.5 Å². The second-order valence-corrected chi connectivity index (χ2v) is 8.29. The van der Waals surface area contributed by atoms with Crippen molar-refractivity contribution in [3.63, 3.8) is 0 Å². The van der Waals surface area contributed by atoms with Crippen LogP contribution >= 0.6 is 0 Å². The van der Waals surface area contributed by atoms with E-state index in [1.807, 2.05) is 43.3 Å². The topological polar surface area (TPSA) is 105 Å². The molecule has 0 spiro atoms. The first-order chi connectivity index (χ1) is 16.4. The van der Waals surface area contributed by atoms with Gasteiger partial charge < -0.3 is 15.5 Å². The van der Waals surface area contributed by atoms with Crippen LogP contribution in [-0.4, -0.2) is 29.8 Å². The molecule has 3 aromatic rings. The van der Waals surface area contributed by atoms with E-state index in [4.69, 9.17) is 0 Å². The first-order valence-electron chi connectivity index (χ1n) is 11.2. The van der Waals surface area contributed by atoms with Gasteiger partial charge in [0.2, 0.25) is 0 Å². The minimum atomic E-state index is -0.514. The van der Waals surface area contributed by atoms with E-state index in [2.05, 4.69) is 15.5 Å². The average Bonchev–Trinajstić information content (AvgIpc) is 3.39. The Morgan fingerprint density at radius 1 is 0.941 bits per heavy atom. The predicted molar refractivity (Wildman–Crippen MR) is 131 cm³/mol. The van der Waals surface area contributed by atoms with Crippen LogP contribution in [0.4, 0.5) is 17.1 Å². The van der Waals surface area contributed by atoms with E-state index in [0.29, 0.717) is 11.3 Å². The number of nitro benzene ring substituents is 1. The van der Waals surface area contributed by atoms with Gasteiger partial charge in [-0.3, -0.25) is 19.7 Å². The molecule has 1 saturated heterocycles. The number of hydrogen-bond donors (Lipinski definition) is 2. The summed E-state index contributed by atoms with van der Waals surface area (Å²) in [6.45, 7) is 3.69. The summed E-state index contributed by atoms with van der Waals surface area (Å²) in [5.74, 6) is -0.627. The fraction of sp³-hybridized carbons (Fsp3) is 0.231. The summed E-state index contributed by atoms with van der Waals surface area (Å²) in [7, 11) is 0. The molecule has 1 aliphatic rings. The third-order valence-corrected chi connectivity index (χ3v) is 5.93. The fourth-order valence-corrected chi connectivity index (χ4v) is 4.07. The third-order valence-electron chi connectivity index (χ3n) is 5.93. The van der Waals surface area contributed by atoms with Gasteiger partial charge in [-0.15, -0.1) is 0 Å². The standard InChI is InChI=1S/C26H26N4O4/c1-18(19-7-3-2-4-8-19)27-26(32)23-17-21(11-14-24(23)29-15-5-6-16-29)28-25(31)20-9-12-22(13-10-20)30(33)34/h2-4,7-14,17-18H,5-6,15-16H2,1H3,(H,27,32)(H,28,31). The van der Waals surface area contributed by atoms with Gasteiger partial charge in [0, 0.05) is 42.2 Å². The van der Waals surface area contributed by atoms with Crippen LogP contribution in [0.25, 0.3) is 0 Å². The molecule has 174 valence electrons. The Labute approximate surface area is 197 Å². The van der Waals surface area contributed by atoms with Crippen LogP contribution in [-0.2, 0) is 0 Å². The number of anilines is 2. The van der Waals surface area contributed by atoms with Crippen molar-refractivity contribution in [2.24, 2.45) is 0 Å². The SMILES string of the molecule is CC(NC(=O)c1cc(NC(=O)c2ccc([N+](=O)[O-])cc2)ccc1N1CCCC1)c1ccccc1. The highest BCUT2D eigenvalue weighted by molar-refractivity contribution is 6.06. The highest BCUT2D eigenvalue weighted by Crippen LogP contribution is 2.28. The summed E-state index contributed by atoms with van der Waals surface area (Å²) in [5, 5.41) is 16.7. The summed E-state index contributed by atoms with van der Waals surface area (Å²) in [4.78, 5) is 38.5. The van der Waals surface area contributed by atoms with Crippen LogP contribution in [0.15, 0.2) is 72.8 Å². The predicted octanol–water partition coefficient (Wildman–Crippen LogP) is 4.94. The van der Waals surface area contributed by atoms with Crippen molar-refractivity contribution < 1.29 is 14.5 Å². The van der Waals surface area contributed by atoms with Crippen molar-refractivity contribution >= 4 is 28.9 Å². The molecule has 3 aromatic carbocycles. The van der Waals surface area contributed by atoms with Crippen LogP contribution in [0.3, 0.4) is 0 Å². The lowest BCUT2D eigenvalue weighted by molar-refractivity contribution is -0.384. The normalized spacial score (nSPS) is 13.9. The molecule has 1 atom stereocenters. The Balaban J connectivity index is 1.57. The first kappa shape index (κ1) is 23.0. The minimum Gasteiger partial charge on any atom is -0.371 e. The Morgan fingerprint density at radius 2 is 1.62 bits per heavy atom. The number of non-ortho nitro benzene ring substituents is 1. The molecule has 8 nitrogen and oxygen atoms in total. The van der Waals surface area contributed by atoms with Crippen LogP contribution in [0.2, 0.25) is 0 Å². The zero-order chi connectivity index (χ0) is 24.1. The molecule has 1 heterocycles. The summed E-state index contributed by atoms with van der Waals surface area (Å²) < 4.78 is 0. The first-order valence-corrected chi connectivity index (χ1v) is 11.2. The number of nitrogens with zero attached hydrogens (tertiary/aromatic N) is 2. The van der Waals surface area contributed by atoms with Crippen molar-refractivity contribution in [2.45, 2.75) is 25.8 Å². The van der Waals surface area contributed by atoms with Crippen molar-refractivity contribution in [1.29, 1.82) is 0 Å². The van der Waals surface area contributed by atoms with Crippen LogP contribution in [0.1, 0.15) is 52.1 Å². The smallest absolute Gasteiger partial charge is 0.269 e. The molecule has 0 aliphatic carbocycles. The molecule has 2 N–H and O–H groups in total. The van der Waals surface area contributed by atoms with Crippen LogP contribution in [0.5, 0.6) is 0 Å². The Kier molecular flexibility index (Phi) is 6.87. The maximum Gasteiger partial charge on any atom is 0.269 e. The summed E-state index contributed by atoms with van der Waals surface area (Å²) in [6, 6.07) is 20.2. The van der Waals surface area contributed by atoms with Gasteiger partial charge >= 0.3 is 0 Å². The molecule has 0 bridgehead atoms. The molecule has 1 unspecified atom stereocenters. The van der Waals surface area contributed by atoms with Crippen molar-refractivity contribution in [3.8, 4) is 0 Å². The largest absolute Gasteiger partial charge is 0.371 e. The van der Waals surface area contributed by atoms with Gasteiger partial charge in [0.1, 0.15) is 0 Å². The van der Waals surface area contributed by atoms with E-state index in [1.165, 1.54) is 24.3 Å². The molecule has 0 radical (unpaired) electrons. The second kappa shape index (κ2) is 10.2. The van der Waals surface area contributed by atoms with E-state index < -0.39 is 10.8 Å². The lowest BCUT2D eigenvalue weighted by Crippen LogP contribution is -2.29. The lowest BCUT2D eigenvalue weighted by atomic mass is 10.1. The Morgan fingerprint density at radius 3 is 2.26 bits per heavy atom. The van der Waals surface area contributed by atoms with Gasteiger partial charge in [0.15, 0.2) is 0 Å². The highest BCUT2D eigenvalue weighted by Gasteiger charge is 2.22. The van der Waals surface area contributed by atoms with Gasteiger partial charge in [-0.1, -0.05) is 30.3 Å². The summed E-state index contributed by atoms with van der Waals surface area (Å²) >= 11 is 0. The molecule has 2 amide bonds. The number of hydrogen-bond acceptors (Lipinski definition) is 5. The average molecular weight is 459 g/mol. The number of amides is 2. The maximum atomic E-state index is 13.3. The van der Waals surface area contributed by atoms with Gasteiger partial charge in [-0.2, -0.15) is 0 Å². The quantitative estimate of drug-likeness (QED) is 0.386. The zero-order valence-corrected chi connectivity index (χ0v) is 18.9. The number of carbonyl (C=O) groups excluding carboxylic acids is 2. The molecule has 0 saturated carbocycles. The maximum absolute atomic E-state index is 13.3. The molecule has 34 heavy (non-hydrogen) atoms. The van der Waals surface area contributed by atoms with Gasteiger partial charge in [-0.05, 0) is 55.7 Å². The molecular weight excluding hydrogens is 432 g/mol. The van der Waals surface area contributed by atoms with Gasteiger partial charge in [-0.25, -0.2) is 0 Å². The molecule has 0 aromatic heterocycles. The number of nitro groups is 1. The molecule has 1 aliphatic heterocycles. The summed E-state index contributed by atoms with van der Waals surface area (Å²) in [6.07, 6.45) is 2.14. The van der Waals surface area contributed by atoms with Crippen LogP contribution in [0, 0.1) is 10.1 Å². The third kappa shape index (κ3) is 5.23. The molecule has 4 rings (SSSR count). The lowest BCUT2D eigenvalue weighted by Gasteiger charge is -2.23. The monoisotopic (exact) mass is 458 g/mol. The molecular formula is C26H26N4O4. The Bertz CT molecular complexity index is 1190. The van der Waals surface area contributed by atoms with E-state index >= 15 is 0 Å². The van der Waals surface area contributed by atoms with E-state index in [-0.39, 0.29) is 23.2 Å². The van der Waals surface area contributed by atoms with Crippen LogP contribution < -0.4 is 15.5 Å². The Hall–Kier alpha value is -4.20. The van der Waals surface area contributed by atoms with Crippen molar-refractivity contribution in [3.05, 3.63) is 99.6 Å². The van der Waals surface area contributed by atoms with E-state index in [1.54, 1.807) is 12.1 Å². The molecule has 1 fully saturated rings. The van der Waals surface area contributed by atoms with Gasteiger partial charge in [0.05, 0.1) is 16.5 Å². The minimum absolute atomic E-state index is 0.0852. The highest BCUT2D eigenvalue weighted by atomic mass is 16.6. The van der Waals surface area contributed by atoms with E-state index in [0.717, 1.165) is 37.2 Å². The zero-order valence-electron chi connectivity index (χ0n) is 18.9. The number of benzene rings is 3. The summed E-state index contributed by atoms with van der Waals surface area (Å²) in [5.41, 5.74) is 3.01. The van der Waals surface area contributed by atoms with Crippen molar-refractivity contribution in [2.75, 3.05) is 23.3 Å². The van der Waals surface area contributed by atoms with E-state index in [9.17, 15) is 19.7 Å². The number of nitrogens with one attached hydrogen (secondary N) is 2. The molecule has 8 heteroatoms. The number of rotatable bonds is 7. The second-order valence-electron chi connectivity index (χ2n) is 8.29. The number of carbonyl (C=O) groups is 2. The van der Waals surface area contributed by atoms with Crippen molar-refractivity contribution in [1.82, 2.24) is 5.32 Å².